The van der Waals surface area contributed by atoms with Crippen molar-refractivity contribution in [2.24, 2.45) is 7.05 Å². The molecule has 1 N–H and O–H groups in total. The van der Waals surface area contributed by atoms with E-state index >= 15 is 0 Å². The van der Waals surface area contributed by atoms with E-state index in [9.17, 15) is 4.79 Å². The second-order valence-corrected chi connectivity index (χ2v) is 8.81. The van der Waals surface area contributed by atoms with Crippen molar-refractivity contribution >= 4 is 17.7 Å². The third kappa shape index (κ3) is 5.32. The molecule has 2 heterocycles. The van der Waals surface area contributed by atoms with Crippen molar-refractivity contribution in [2.45, 2.75) is 56.3 Å². The molecule has 4 rings (SSSR count). The molecular formula is C23H30N6O2S. The number of ether oxygens (including phenoxy) is 1. The topological polar surface area (TPSA) is 86.9 Å². The summed E-state index contributed by atoms with van der Waals surface area (Å²) in [7, 11) is 1.93. The smallest absolute Gasteiger partial charge is 0.251 e. The largest absolute Gasteiger partial charge is 0.486 e. The van der Waals surface area contributed by atoms with E-state index < -0.39 is 0 Å². The number of imidazole rings is 1. The summed E-state index contributed by atoms with van der Waals surface area (Å²) in [6.07, 6.45) is 12.3. The summed E-state index contributed by atoms with van der Waals surface area (Å²) in [5.41, 5.74) is 0.619. The predicted molar refractivity (Wildman–Crippen MR) is 124 cm³/mol. The fourth-order valence-electron chi connectivity index (χ4n) is 4.08. The number of benzene rings is 1. The van der Waals surface area contributed by atoms with Crippen LogP contribution in [0.15, 0.2) is 41.8 Å². The van der Waals surface area contributed by atoms with Crippen molar-refractivity contribution in [1.82, 2.24) is 29.6 Å². The lowest BCUT2D eigenvalue weighted by molar-refractivity contribution is 0.0953. The molecule has 0 radical (unpaired) electrons. The van der Waals surface area contributed by atoms with E-state index in [2.05, 4.69) is 25.1 Å². The minimum atomic E-state index is -0.0808. The average molecular weight is 455 g/mol. The van der Waals surface area contributed by atoms with E-state index in [1.165, 1.54) is 25.7 Å². The normalized spacial score (nSPS) is 14.1. The van der Waals surface area contributed by atoms with Crippen molar-refractivity contribution in [3.05, 3.63) is 53.9 Å². The number of hydrogen-bond acceptors (Lipinski definition) is 6. The first-order valence-electron chi connectivity index (χ1n) is 11.1. The first-order chi connectivity index (χ1) is 15.7. The van der Waals surface area contributed by atoms with Crippen molar-refractivity contribution in [3.63, 3.8) is 0 Å². The Hall–Kier alpha value is -2.81. The highest BCUT2D eigenvalue weighted by molar-refractivity contribution is 7.98. The van der Waals surface area contributed by atoms with E-state index in [4.69, 9.17) is 4.74 Å². The van der Waals surface area contributed by atoms with Gasteiger partial charge in [-0.1, -0.05) is 24.6 Å². The van der Waals surface area contributed by atoms with Crippen molar-refractivity contribution in [2.75, 3.05) is 12.8 Å². The molecule has 32 heavy (non-hydrogen) atoms. The number of thioether (sulfide) groups is 1. The number of aryl methyl sites for hydroxylation is 2. The highest BCUT2D eigenvalue weighted by Gasteiger charge is 2.23. The molecule has 0 unspecified atom stereocenters. The Kier molecular flexibility index (Phi) is 7.47. The molecule has 8 nitrogen and oxygen atoms in total. The van der Waals surface area contributed by atoms with Gasteiger partial charge in [-0.05, 0) is 49.8 Å². The molecule has 1 aromatic carbocycles. The molecule has 0 atom stereocenters. The molecular weight excluding hydrogens is 424 g/mol. The summed E-state index contributed by atoms with van der Waals surface area (Å²) in [6.45, 7) is 0.987. The SMILES string of the molecule is CSc1nnc(CCCNC(=O)c2ccc(OCc3nccn3C)cc2)n1C1CCCC1. The molecule has 0 spiro atoms. The molecule has 0 aliphatic heterocycles. The van der Waals surface area contributed by atoms with Crippen LogP contribution < -0.4 is 10.1 Å². The highest BCUT2D eigenvalue weighted by atomic mass is 32.2. The number of carbonyl (C=O) groups is 1. The van der Waals surface area contributed by atoms with Gasteiger partial charge in [0.1, 0.15) is 24.0 Å². The maximum absolute atomic E-state index is 12.5. The van der Waals surface area contributed by atoms with Crippen LogP contribution in [0.2, 0.25) is 0 Å². The van der Waals surface area contributed by atoms with E-state index in [0.717, 1.165) is 29.6 Å². The summed E-state index contributed by atoms with van der Waals surface area (Å²) < 4.78 is 9.99. The van der Waals surface area contributed by atoms with Gasteiger partial charge in [0.25, 0.3) is 5.91 Å². The minimum Gasteiger partial charge on any atom is -0.486 e. The van der Waals surface area contributed by atoms with Gasteiger partial charge >= 0.3 is 0 Å². The number of amides is 1. The van der Waals surface area contributed by atoms with Crippen LogP contribution in [0.25, 0.3) is 0 Å². The van der Waals surface area contributed by atoms with Gasteiger partial charge < -0.3 is 19.2 Å². The van der Waals surface area contributed by atoms with Crippen LogP contribution in [0.4, 0.5) is 0 Å². The maximum Gasteiger partial charge on any atom is 0.251 e. The van der Waals surface area contributed by atoms with Crippen molar-refractivity contribution in [1.29, 1.82) is 0 Å². The average Bonchev–Trinajstić information content (AvgIpc) is 3.56. The van der Waals surface area contributed by atoms with Gasteiger partial charge in [0, 0.05) is 44.0 Å². The summed E-state index contributed by atoms with van der Waals surface area (Å²) in [5.74, 6) is 2.51. The number of carbonyl (C=O) groups excluding carboxylic acids is 1. The fourth-order valence-corrected chi connectivity index (χ4v) is 4.66. The van der Waals surface area contributed by atoms with Gasteiger partial charge in [0.05, 0.1) is 0 Å². The van der Waals surface area contributed by atoms with Gasteiger partial charge in [-0.25, -0.2) is 4.98 Å². The van der Waals surface area contributed by atoms with E-state index in [1.54, 1.807) is 30.1 Å². The van der Waals surface area contributed by atoms with E-state index in [0.29, 0.717) is 30.5 Å². The number of aromatic nitrogens is 5. The molecule has 1 aliphatic rings. The highest BCUT2D eigenvalue weighted by Crippen LogP contribution is 2.33. The van der Waals surface area contributed by atoms with Gasteiger partial charge in [-0.2, -0.15) is 0 Å². The van der Waals surface area contributed by atoms with Gasteiger partial charge in [-0.3, -0.25) is 4.79 Å². The molecule has 1 fully saturated rings. The lowest BCUT2D eigenvalue weighted by Gasteiger charge is -2.16. The summed E-state index contributed by atoms with van der Waals surface area (Å²) in [4.78, 5) is 16.7. The first kappa shape index (κ1) is 22.4. The quantitative estimate of drug-likeness (QED) is 0.370. The molecule has 3 aromatic rings. The Balaban J connectivity index is 1.24. The molecule has 0 bridgehead atoms. The lowest BCUT2D eigenvalue weighted by Crippen LogP contribution is -2.25. The van der Waals surface area contributed by atoms with E-state index in [1.807, 2.05) is 36.2 Å². The Morgan fingerprint density at radius 3 is 2.66 bits per heavy atom. The molecule has 9 heteroatoms. The molecule has 1 aliphatic carbocycles. The molecule has 1 saturated carbocycles. The Morgan fingerprint density at radius 1 is 1.19 bits per heavy atom. The van der Waals surface area contributed by atoms with Crippen LogP contribution in [0.5, 0.6) is 5.75 Å². The Morgan fingerprint density at radius 2 is 1.97 bits per heavy atom. The summed E-state index contributed by atoms with van der Waals surface area (Å²) in [6, 6.07) is 7.71. The van der Waals surface area contributed by atoms with Gasteiger partial charge in [0.2, 0.25) is 0 Å². The standard InChI is InChI=1S/C23H30N6O2S/c1-28-15-14-24-21(28)16-31-19-11-9-17(10-12-19)22(30)25-13-5-8-20-26-27-23(32-2)29(20)18-6-3-4-7-18/h9-12,14-15,18H,3-8,13,16H2,1-2H3,(H,25,30). The van der Waals surface area contributed by atoms with Crippen molar-refractivity contribution < 1.29 is 9.53 Å². The summed E-state index contributed by atoms with van der Waals surface area (Å²) in [5, 5.41) is 12.8. The first-order valence-corrected chi connectivity index (χ1v) is 12.3. The number of rotatable bonds is 10. The third-order valence-corrected chi connectivity index (χ3v) is 6.52. The summed E-state index contributed by atoms with van der Waals surface area (Å²) >= 11 is 1.65. The number of hydrogen-bond donors (Lipinski definition) is 1. The second-order valence-electron chi connectivity index (χ2n) is 8.04. The van der Waals surface area contributed by atoms with Gasteiger partial charge in [-0.15, -0.1) is 10.2 Å². The zero-order valence-corrected chi connectivity index (χ0v) is 19.5. The third-order valence-electron chi connectivity index (χ3n) is 5.88. The zero-order chi connectivity index (χ0) is 22.3. The van der Waals surface area contributed by atoms with Crippen LogP contribution in [-0.4, -0.2) is 43.0 Å². The van der Waals surface area contributed by atoms with Crippen molar-refractivity contribution in [3.8, 4) is 5.75 Å². The second kappa shape index (κ2) is 10.7. The predicted octanol–water partition coefficient (Wildman–Crippen LogP) is 3.79. The number of nitrogens with one attached hydrogen (secondary N) is 1. The van der Waals surface area contributed by atoms with Crippen LogP contribution in [0, 0.1) is 0 Å². The monoisotopic (exact) mass is 454 g/mol. The van der Waals surface area contributed by atoms with Crippen LogP contribution >= 0.6 is 11.8 Å². The molecule has 1 amide bonds. The van der Waals surface area contributed by atoms with Crippen LogP contribution in [0.3, 0.4) is 0 Å². The zero-order valence-electron chi connectivity index (χ0n) is 18.7. The minimum absolute atomic E-state index is 0.0808. The molecule has 170 valence electrons. The number of nitrogens with zero attached hydrogens (tertiary/aromatic N) is 5. The van der Waals surface area contributed by atoms with Crippen LogP contribution in [-0.2, 0) is 20.1 Å². The van der Waals surface area contributed by atoms with Crippen LogP contribution in [0.1, 0.15) is 60.2 Å². The maximum atomic E-state index is 12.5. The molecule has 2 aromatic heterocycles. The van der Waals surface area contributed by atoms with E-state index in [-0.39, 0.29) is 5.91 Å². The van der Waals surface area contributed by atoms with Gasteiger partial charge in [0.15, 0.2) is 5.16 Å². The fraction of sp³-hybridized carbons (Fsp3) is 0.478. The Labute approximate surface area is 192 Å². The lowest BCUT2D eigenvalue weighted by atomic mass is 10.2. The molecule has 0 saturated heterocycles. The Bertz CT molecular complexity index is 1020.